The van der Waals surface area contributed by atoms with Gasteiger partial charge in [-0.1, -0.05) is 42.8 Å². The standard InChI is InChI=1S/C17H17BrN2O3S2/c1-3-4-12-5-7-13(8-6-12)14-9-10-15(24-14)25(21,22)20-17-16(18)11(2)19-23-17/h5-10,20H,3-4H2,1-2H3. The van der Waals surface area contributed by atoms with Gasteiger partial charge in [0, 0.05) is 4.88 Å². The summed E-state index contributed by atoms with van der Waals surface area (Å²) in [6, 6.07) is 11.6. The number of halogens is 1. The summed E-state index contributed by atoms with van der Waals surface area (Å²) >= 11 is 4.47. The van der Waals surface area contributed by atoms with Gasteiger partial charge in [-0.25, -0.2) is 13.1 Å². The minimum atomic E-state index is -3.72. The molecule has 0 aliphatic carbocycles. The molecule has 1 aromatic carbocycles. The molecule has 0 bridgehead atoms. The SMILES string of the molecule is CCCc1ccc(-c2ccc(S(=O)(=O)Nc3onc(C)c3Br)s2)cc1. The van der Waals surface area contributed by atoms with Crippen molar-refractivity contribution < 1.29 is 12.9 Å². The first-order chi connectivity index (χ1) is 11.9. The number of aryl methyl sites for hydroxylation is 2. The Kier molecular flexibility index (Phi) is 5.31. The van der Waals surface area contributed by atoms with Crippen LogP contribution in [-0.2, 0) is 16.4 Å². The monoisotopic (exact) mass is 440 g/mol. The number of rotatable bonds is 6. The second-order valence-electron chi connectivity index (χ2n) is 5.58. The lowest BCUT2D eigenvalue weighted by Crippen LogP contribution is -2.11. The van der Waals surface area contributed by atoms with Crippen LogP contribution in [0.5, 0.6) is 0 Å². The molecule has 2 aromatic heterocycles. The Morgan fingerprint density at radius 3 is 2.52 bits per heavy atom. The van der Waals surface area contributed by atoms with Crippen LogP contribution in [0.2, 0.25) is 0 Å². The van der Waals surface area contributed by atoms with Crippen LogP contribution in [0.4, 0.5) is 5.88 Å². The second kappa shape index (κ2) is 7.31. The third-order valence-corrected chi connectivity index (χ3v) is 7.53. The molecular weight excluding hydrogens is 424 g/mol. The van der Waals surface area contributed by atoms with Crippen molar-refractivity contribution in [1.82, 2.24) is 5.16 Å². The number of hydrogen-bond donors (Lipinski definition) is 1. The maximum Gasteiger partial charge on any atom is 0.273 e. The first kappa shape index (κ1) is 18.2. The van der Waals surface area contributed by atoms with Crippen LogP contribution in [0.1, 0.15) is 24.6 Å². The first-order valence-corrected chi connectivity index (χ1v) is 10.8. The van der Waals surface area contributed by atoms with Gasteiger partial charge in [0.25, 0.3) is 15.9 Å². The van der Waals surface area contributed by atoms with Gasteiger partial charge in [-0.15, -0.1) is 11.3 Å². The lowest BCUT2D eigenvalue weighted by molar-refractivity contribution is 0.430. The average molecular weight is 441 g/mol. The van der Waals surface area contributed by atoms with E-state index in [4.69, 9.17) is 4.52 Å². The number of anilines is 1. The van der Waals surface area contributed by atoms with Crippen LogP contribution in [-0.4, -0.2) is 13.6 Å². The second-order valence-corrected chi connectivity index (χ2v) is 9.37. The summed E-state index contributed by atoms with van der Waals surface area (Å²) in [5.74, 6) is 0.0800. The van der Waals surface area contributed by atoms with E-state index in [2.05, 4.69) is 44.9 Å². The number of aromatic nitrogens is 1. The molecule has 0 radical (unpaired) electrons. The van der Waals surface area contributed by atoms with Crippen molar-refractivity contribution in [2.75, 3.05) is 4.72 Å². The fraction of sp³-hybridized carbons (Fsp3) is 0.235. The molecule has 132 valence electrons. The summed E-state index contributed by atoms with van der Waals surface area (Å²) in [6.07, 6.45) is 2.14. The highest BCUT2D eigenvalue weighted by molar-refractivity contribution is 9.10. The van der Waals surface area contributed by atoms with Crippen molar-refractivity contribution >= 4 is 43.2 Å². The molecule has 3 aromatic rings. The van der Waals surface area contributed by atoms with Gasteiger partial charge in [0.05, 0.1) is 5.69 Å². The Morgan fingerprint density at radius 1 is 1.20 bits per heavy atom. The summed E-state index contributed by atoms with van der Waals surface area (Å²) in [7, 11) is -3.72. The summed E-state index contributed by atoms with van der Waals surface area (Å²) < 4.78 is 33.2. The molecule has 0 aliphatic heterocycles. The largest absolute Gasteiger partial charge is 0.336 e. The predicted octanol–water partition coefficient (Wildman–Crippen LogP) is 5.23. The number of thiophene rings is 1. The van der Waals surface area contributed by atoms with E-state index in [0.29, 0.717) is 10.2 Å². The highest BCUT2D eigenvalue weighted by Crippen LogP contribution is 2.33. The van der Waals surface area contributed by atoms with Gasteiger partial charge in [-0.05, 0) is 52.5 Å². The Morgan fingerprint density at radius 2 is 1.92 bits per heavy atom. The summed E-state index contributed by atoms with van der Waals surface area (Å²) in [4.78, 5) is 0.899. The Labute approximate surface area is 159 Å². The van der Waals surface area contributed by atoms with E-state index in [1.807, 2.05) is 18.2 Å². The van der Waals surface area contributed by atoms with Gasteiger partial charge in [-0.3, -0.25) is 0 Å². The molecule has 0 spiro atoms. The molecule has 25 heavy (non-hydrogen) atoms. The number of benzene rings is 1. The number of nitrogens with one attached hydrogen (secondary N) is 1. The van der Waals surface area contributed by atoms with Crippen LogP contribution in [0.15, 0.2) is 49.6 Å². The van der Waals surface area contributed by atoms with Crippen LogP contribution < -0.4 is 4.72 Å². The zero-order valence-electron chi connectivity index (χ0n) is 13.7. The minimum Gasteiger partial charge on any atom is -0.336 e. The highest BCUT2D eigenvalue weighted by atomic mass is 79.9. The fourth-order valence-corrected chi connectivity index (χ4v) is 5.02. The van der Waals surface area contributed by atoms with E-state index in [1.165, 1.54) is 16.9 Å². The van der Waals surface area contributed by atoms with Gasteiger partial charge >= 0.3 is 0 Å². The minimum absolute atomic E-state index is 0.0800. The Balaban J connectivity index is 1.83. The van der Waals surface area contributed by atoms with Crippen molar-refractivity contribution in [2.24, 2.45) is 0 Å². The van der Waals surface area contributed by atoms with Crippen molar-refractivity contribution in [3.63, 3.8) is 0 Å². The normalized spacial score (nSPS) is 11.6. The lowest BCUT2D eigenvalue weighted by atomic mass is 10.1. The van der Waals surface area contributed by atoms with E-state index in [9.17, 15) is 8.42 Å². The topological polar surface area (TPSA) is 72.2 Å². The molecule has 0 saturated carbocycles. The van der Waals surface area contributed by atoms with E-state index in [0.717, 1.165) is 23.3 Å². The highest BCUT2D eigenvalue weighted by Gasteiger charge is 2.22. The average Bonchev–Trinajstić information content (AvgIpc) is 3.19. The van der Waals surface area contributed by atoms with E-state index < -0.39 is 10.0 Å². The smallest absolute Gasteiger partial charge is 0.273 e. The van der Waals surface area contributed by atoms with E-state index in [-0.39, 0.29) is 10.1 Å². The van der Waals surface area contributed by atoms with Crippen LogP contribution in [0.3, 0.4) is 0 Å². The number of nitrogens with zero attached hydrogens (tertiary/aromatic N) is 1. The molecule has 3 rings (SSSR count). The quantitative estimate of drug-likeness (QED) is 0.569. The summed E-state index contributed by atoms with van der Waals surface area (Å²) in [6.45, 7) is 3.86. The molecule has 1 N–H and O–H groups in total. The third-order valence-electron chi connectivity index (χ3n) is 3.64. The summed E-state index contributed by atoms with van der Waals surface area (Å²) in [5.41, 5.74) is 2.86. The molecule has 0 amide bonds. The van der Waals surface area contributed by atoms with Crippen molar-refractivity contribution in [3.05, 3.63) is 52.1 Å². The van der Waals surface area contributed by atoms with Gasteiger partial charge in [-0.2, -0.15) is 0 Å². The zero-order chi connectivity index (χ0) is 18.0. The number of sulfonamides is 1. The van der Waals surface area contributed by atoms with Gasteiger partial charge in [0.15, 0.2) is 0 Å². The Hall–Kier alpha value is -1.64. The molecule has 0 fully saturated rings. The van der Waals surface area contributed by atoms with Gasteiger partial charge in [0.2, 0.25) is 0 Å². The Bertz CT molecular complexity index is 976. The fourth-order valence-electron chi connectivity index (χ4n) is 2.34. The molecule has 0 unspecified atom stereocenters. The lowest BCUT2D eigenvalue weighted by Gasteiger charge is -2.03. The van der Waals surface area contributed by atoms with Crippen LogP contribution in [0.25, 0.3) is 10.4 Å². The molecule has 8 heteroatoms. The zero-order valence-corrected chi connectivity index (χ0v) is 17.0. The molecule has 0 saturated heterocycles. The van der Waals surface area contributed by atoms with Crippen molar-refractivity contribution in [2.45, 2.75) is 30.9 Å². The maximum absolute atomic E-state index is 12.5. The van der Waals surface area contributed by atoms with Gasteiger partial charge in [0.1, 0.15) is 8.68 Å². The van der Waals surface area contributed by atoms with E-state index >= 15 is 0 Å². The molecule has 0 aliphatic rings. The molecule has 2 heterocycles. The predicted molar refractivity (Wildman–Crippen MR) is 103 cm³/mol. The van der Waals surface area contributed by atoms with Crippen LogP contribution in [0, 0.1) is 6.92 Å². The molecular formula is C17H17BrN2O3S2. The van der Waals surface area contributed by atoms with Crippen molar-refractivity contribution in [1.29, 1.82) is 0 Å². The van der Waals surface area contributed by atoms with E-state index in [1.54, 1.807) is 13.0 Å². The summed E-state index contributed by atoms with van der Waals surface area (Å²) in [5, 5.41) is 3.72. The third kappa shape index (κ3) is 3.96. The van der Waals surface area contributed by atoms with Crippen LogP contribution >= 0.6 is 27.3 Å². The molecule has 5 nitrogen and oxygen atoms in total. The number of hydrogen-bond acceptors (Lipinski definition) is 5. The maximum atomic E-state index is 12.5. The van der Waals surface area contributed by atoms with Gasteiger partial charge < -0.3 is 4.52 Å². The van der Waals surface area contributed by atoms with Crippen molar-refractivity contribution in [3.8, 4) is 10.4 Å². The molecule has 0 atom stereocenters. The first-order valence-electron chi connectivity index (χ1n) is 7.74.